The van der Waals surface area contributed by atoms with Crippen molar-refractivity contribution in [1.82, 2.24) is 0 Å². The van der Waals surface area contributed by atoms with Crippen LogP contribution in [0.4, 0.5) is 0 Å². The number of benzene rings is 9. The second kappa shape index (κ2) is 17.1. The van der Waals surface area contributed by atoms with Gasteiger partial charge in [-0.1, -0.05) is 0 Å². The summed E-state index contributed by atoms with van der Waals surface area (Å²) in [6, 6.07) is 101. The van der Waals surface area contributed by atoms with Crippen LogP contribution in [0.1, 0.15) is 0 Å². The van der Waals surface area contributed by atoms with Gasteiger partial charge < -0.3 is 0 Å². The van der Waals surface area contributed by atoms with E-state index in [1.54, 1.807) is 0 Å². The molecule has 0 aliphatic rings. The zero-order chi connectivity index (χ0) is 41.0. The predicted octanol–water partition coefficient (Wildman–Crippen LogP) is 10.9. The van der Waals surface area contributed by atoms with E-state index >= 15 is 0 Å². The molecular weight excluding hydrogens is 1000 g/mol. The van der Waals surface area contributed by atoms with Gasteiger partial charge in [0, 0.05) is 0 Å². The normalized spacial score (nSPS) is 13.7. The fourth-order valence-corrected chi connectivity index (χ4v) is 190. The summed E-state index contributed by atoms with van der Waals surface area (Å²) in [6.45, 7) is 0. The number of hydrogen-bond donors (Lipinski definition) is 0. The molecule has 6 heteroatoms. The van der Waals surface area contributed by atoms with Crippen molar-refractivity contribution in [2.24, 2.45) is 0 Å². The molecule has 0 aliphatic carbocycles. The zero-order valence-electron chi connectivity index (χ0n) is 33.1. The van der Waals surface area contributed by atoms with E-state index < -0.39 is 27.0 Å². The van der Waals surface area contributed by atoms with Gasteiger partial charge in [0.2, 0.25) is 0 Å². The molecule has 0 N–H and O–H groups in total. The van der Waals surface area contributed by atoms with Crippen LogP contribution in [-0.4, -0.2) is 0 Å². The molecule has 60 heavy (non-hydrogen) atoms. The number of hydrogen-bond acceptors (Lipinski definition) is 0. The molecule has 9 rings (SSSR count). The van der Waals surface area contributed by atoms with E-state index in [9.17, 15) is 19.3 Å². The van der Waals surface area contributed by atoms with Crippen LogP contribution in [0.15, 0.2) is 273 Å². The van der Waals surface area contributed by atoms with Crippen molar-refractivity contribution >= 4 is 83.7 Å². The van der Waals surface area contributed by atoms with Crippen molar-refractivity contribution in [3.8, 4) is 0 Å². The fourth-order valence-electron chi connectivity index (χ4n) is 9.68. The van der Waals surface area contributed by atoms with Crippen LogP contribution in [-0.2, 0) is 10.4 Å². The summed E-state index contributed by atoms with van der Waals surface area (Å²) >= 11 is 0. The first-order valence-electron chi connectivity index (χ1n) is 20.2. The SMILES string of the molecule is [Cl][Os]([Cl])([PH](c1ccccc1)(c1ccccc1)c1ccccc1)([PH](c1ccccc1)(c1ccccc1)c1ccccc1)[PH](c1ccccc1)(c1ccccc1)c1ccccc1. The van der Waals surface area contributed by atoms with Crippen LogP contribution in [0.3, 0.4) is 0 Å². The van der Waals surface area contributed by atoms with Crippen LogP contribution < -0.4 is 47.7 Å². The third-order valence-electron chi connectivity index (χ3n) is 11.9. The molecule has 0 saturated heterocycles. The van der Waals surface area contributed by atoms with Crippen LogP contribution in [0.25, 0.3) is 0 Å². The third-order valence-corrected chi connectivity index (χ3v) is 143. The summed E-state index contributed by atoms with van der Waals surface area (Å²) in [5, 5.41) is 11.1. The van der Waals surface area contributed by atoms with E-state index in [-0.39, 0.29) is 0 Å². The summed E-state index contributed by atoms with van der Waals surface area (Å²) in [5.74, 6) is 0. The molecule has 0 spiro atoms. The van der Waals surface area contributed by atoms with Crippen molar-refractivity contribution in [2.45, 2.75) is 0 Å². The second-order valence-corrected chi connectivity index (χ2v) is 93.2. The van der Waals surface area contributed by atoms with Gasteiger partial charge in [-0.15, -0.1) is 0 Å². The minimum atomic E-state index is -6.41. The first kappa shape index (κ1) is 40.9. The molecule has 0 atom stereocenters. The van der Waals surface area contributed by atoms with Gasteiger partial charge in [0.15, 0.2) is 0 Å². The van der Waals surface area contributed by atoms with Gasteiger partial charge in [0.25, 0.3) is 0 Å². The van der Waals surface area contributed by atoms with Gasteiger partial charge in [-0.25, -0.2) is 0 Å². The van der Waals surface area contributed by atoms with E-state index in [0.29, 0.717) is 0 Å². The Kier molecular flexibility index (Phi) is 11.6. The third kappa shape index (κ3) is 5.94. The molecule has 301 valence electrons. The summed E-state index contributed by atoms with van der Waals surface area (Å²) < 4.78 is 0. The van der Waals surface area contributed by atoms with Crippen LogP contribution in [0.2, 0.25) is 0 Å². The number of rotatable bonds is 12. The molecule has 0 radical (unpaired) electrons. The molecule has 0 fully saturated rings. The summed E-state index contributed by atoms with van der Waals surface area (Å²) in [6.07, 6.45) is 0. The quantitative estimate of drug-likeness (QED) is 0.107. The molecule has 0 saturated carbocycles. The second-order valence-electron chi connectivity index (χ2n) is 14.9. The Morgan fingerprint density at radius 1 is 0.183 bits per heavy atom. The first-order valence-corrected chi connectivity index (χ1v) is 43.5. The average molecular weight is 1050 g/mol. The van der Waals surface area contributed by atoms with Gasteiger partial charge in [0.1, 0.15) is 0 Å². The van der Waals surface area contributed by atoms with Gasteiger partial charge in [-0.05, 0) is 0 Å². The van der Waals surface area contributed by atoms with E-state index in [1.807, 2.05) is 0 Å². The number of halogens is 2. The van der Waals surface area contributed by atoms with Crippen molar-refractivity contribution in [3.05, 3.63) is 273 Å². The molecule has 0 unspecified atom stereocenters. The molecule has 0 bridgehead atoms. The van der Waals surface area contributed by atoms with Gasteiger partial charge in [-0.3, -0.25) is 0 Å². The Balaban J connectivity index is 1.75. The predicted molar refractivity (Wildman–Crippen MR) is 271 cm³/mol. The van der Waals surface area contributed by atoms with Crippen molar-refractivity contribution in [3.63, 3.8) is 0 Å². The van der Waals surface area contributed by atoms with Gasteiger partial charge >= 0.3 is 367 Å². The Hall–Kier alpha value is -4.51. The van der Waals surface area contributed by atoms with Crippen LogP contribution in [0, 0.1) is 0 Å². The minimum absolute atomic E-state index is 1.23. The maximum absolute atomic E-state index is 10.5. The molecule has 0 nitrogen and oxygen atoms in total. The van der Waals surface area contributed by atoms with E-state index in [2.05, 4.69) is 273 Å². The topological polar surface area (TPSA) is 0 Å². The molecular formula is C54H48Cl2OsP3. The Morgan fingerprint density at radius 3 is 0.383 bits per heavy atom. The summed E-state index contributed by atoms with van der Waals surface area (Å²) in [5.41, 5.74) is -11.5. The first-order chi connectivity index (χ1) is 29.5. The van der Waals surface area contributed by atoms with E-state index in [1.165, 1.54) is 47.7 Å². The van der Waals surface area contributed by atoms with Crippen molar-refractivity contribution < 1.29 is 10.4 Å². The summed E-state index contributed by atoms with van der Waals surface area (Å²) in [7, 11) is 14.6. The molecule has 9 aromatic rings. The van der Waals surface area contributed by atoms with Crippen molar-refractivity contribution in [1.29, 1.82) is 0 Å². The Labute approximate surface area is 364 Å². The van der Waals surface area contributed by atoms with Gasteiger partial charge in [0.05, 0.1) is 0 Å². The monoisotopic (exact) mass is 1050 g/mol. The molecule has 0 amide bonds. The van der Waals surface area contributed by atoms with Crippen LogP contribution in [0.5, 0.6) is 0 Å². The molecule has 0 heterocycles. The van der Waals surface area contributed by atoms with Gasteiger partial charge in [-0.2, -0.15) is 0 Å². The molecule has 9 aromatic carbocycles. The standard InChI is InChI=1S/3C18H15P.2ClH.Os/c3*1-4-10-16(11-5-1)19(17-12-6-2-7-13-17)18-14-8-3-9-15-18;;;/h3*1-15H;2*1H;/q;;;;;-1/p+1. The zero-order valence-corrected chi connectivity index (χ0v) is 40.1. The summed E-state index contributed by atoms with van der Waals surface area (Å²) in [4.78, 5) is 0. The van der Waals surface area contributed by atoms with E-state index in [4.69, 9.17) is 0 Å². The fraction of sp³-hybridized carbons (Fsp3) is 0. The van der Waals surface area contributed by atoms with Crippen LogP contribution >= 0.6 is 35.9 Å². The average Bonchev–Trinajstić information content (AvgIpc) is 3.33. The Bertz CT molecular complexity index is 2170. The molecule has 0 aromatic heterocycles. The van der Waals surface area contributed by atoms with E-state index in [0.717, 1.165) is 0 Å². The van der Waals surface area contributed by atoms with Crippen molar-refractivity contribution in [2.75, 3.05) is 0 Å². The molecule has 0 aliphatic heterocycles. The maximum atomic E-state index is 10.5. The Morgan fingerprint density at radius 2 is 0.283 bits per heavy atom.